The van der Waals surface area contributed by atoms with E-state index in [1.807, 2.05) is 0 Å². The summed E-state index contributed by atoms with van der Waals surface area (Å²) in [6, 6.07) is -0.525. The van der Waals surface area contributed by atoms with Crippen LogP contribution in [0.3, 0.4) is 0 Å². The van der Waals surface area contributed by atoms with Crippen LogP contribution in [0.1, 0.15) is 24.7 Å². The maximum Gasteiger partial charge on any atom is 0.248 e. The normalized spacial score (nSPS) is 23.1. The van der Waals surface area contributed by atoms with Crippen LogP contribution in [0.25, 0.3) is 0 Å². The third-order valence-corrected chi connectivity index (χ3v) is 2.45. The van der Waals surface area contributed by atoms with Crippen LogP contribution in [-0.4, -0.2) is 26.1 Å². The number of aromatic nitrogens is 4. The van der Waals surface area contributed by atoms with E-state index in [4.69, 9.17) is 5.73 Å². The van der Waals surface area contributed by atoms with Crippen molar-refractivity contribution in [3.63, 3.8) is 0 Å². The first kappa shape index (κ1) is 9.45. The van der Waals surface area contributed by atoms with Gasteiger partial charge in [-0.2, -0.15) is 4.80 Å². The van der Waals surface area contributed by atoms with Crippen molar-refractivity contribution in [3.8, 4) is 0 Å². The summed E-state index contributed by atoms with van der Waals surface area (Å²) in [6.45, 7) is 0. The highest BCUT2D eigenvalue weighted by molar-refractivity contribution is 4.99. The van der Waals surface area contributed by atoms with E-state index in [0.29, 0.717) is 5.82 Å². The van der Waals surface area contributed by atoms with Crippen LogP contribution in [0.15, 0.2) is 0 Å². The molecule has 0 bridgehead atoms. The first-order valence-electron chi connectivity index (χ1n) is 4.35. The van der Waals surface area contributed by atoms with E-state index < -0.39 is 12.0 Å². The molecule has 78 valence electrons. The van der Waals surface area contributed by atoms with E-state index in [9.17, 15) is 8.78 Å². The molecule has 0 aromatic carbocycles. The Morgan fingerprint density at radius 1 is 1.57 bits per heavy atom. The van der Waals surface area contributed by atoms with Gasteiger partial charge < -0.3 is 5.73 Å². The van der Waals surface area contributed by atoms with E-state index in [2.05, 4.69) is 15.4 Å². The van der Waals surface area contributed by atoms with Crippen LogP contribution in [0, 0.1) is 5.92 Å². The van der Waals surface area contributed by atoms with Gasteiger partial charge in [-0.1, -0.05) is 0 Å². The molecule has 0 radical (unpaired) electrons. The van der Waals surface area contributed by atoms with Crippen molar-refractivity contribution >= 4 is 0 Å². The lowest BCUT2D eigenvalue weighted by atomic mass is 9.76. The zero-order valence-corrected chi connectivity index (χ0v) is 7.69. The Morgan fingerprint density at radius 2 is 2.21 bits per heavy atom. The highest BCUT2D eigenvalue weighted by Gasteiger charge is 2.48. The second-order valence-electron chi connectivity index (χ2n) is 3.69. The van der Waals surface area contributed by atoms with Gasteiger partial charge in [0.1, 0.15) is 0 Å². The van der Waals surface area contributed by atoms with Gasteiger partial charge in [0.2, 0.25) is 5.92 Å². The molecule has 2 rings (SSSR count). The number of rotatable bonds is 2. The fourth-order valence-electron chi connectivity index (χ4n) is 1.60. The Hall–Kier alpha value is -1.11. The number of halogens is 2. The third kappa shape index (κ3) is 1.59. The van der Waals surface area contributed by atoms with Gasteiger partial charge in [-0.15, -0.1) is 10.2 Å². The number of tetrazole rings is 1. The molecule has 1 heterocycles. The van der Waals surface area contributed by atoms with Crippen molar-refractivity contribution < 1.29 is 8.78 Å². The Kier molecular flexibility index (Phi) is 1.99. The van der Waals surface area contributed by atoms with Gasteiger partial charge in [-0.25, -0.2) is 8.78 Å². The summed E-state index contributed by atoms with van der Waals surface area (Å²) in [5, 5.41) is 11.2. The van der Waals surface area contributed by atoms with Crippen LogP contribution in [0.2, 0.25) is 0 Å². The summed E-state index contributed by atoms with van der Waals surface area (Å²) in [4.78, 5) is 1.27. The number of nitrogens with zero attached hydrogens (tertiary/aromatic N) is 4. The monoisotopic (exact) mass is 203 g/mol. The lowest BCUT2D eigenvalue weighted by Gasteiger charge is -2.37. The molecule has 1 aliphatic carbocycles. The predicted octanol–water partition coefficient (Wildman–Crippen LogP) is 0.255. The van der Waals surface area contributed by atoms with Crippen molar-refractivity contribution in [2.75, 3.05) is 0 Å². The van der Waals surface area contributed by atoms with Gasteiger partial charge in [0, 0.05) is 12.8 Å². The molecule has 7 heteroatoms. The largest absolute Gasteiger partial charge is 0.321 e. The summed E-state index contributed by atoms with van der Waals surface area (Å²) in [7, 11) is 1.61. The Balaban J connectivity index is 2.00. The second kappa shape index (κ2) is 2.94. The number of hydrogen-bond acceptors (Lipinski definition) is 4. The van der Waals surface area contributed by atoms with Crippen molar-refractivity contribution in [1.82, 2.24) is 20.2 Å². The van der Waals surface area contributed by atoms with Crippen molar-refractivity contribution in [2.24, 2.45) is 18.7 Å². The molecule has 0 aliphatic heterocycles. The highest BCUT2D eigenvalue weighted by atomic mass is 19.3. The standard InChI is InChI=1S/C7H11F2N5/c1-14-12-6(11-13-14)5(10)4-2-7(8,9)3-4/h4-5H,2-3,10H2,1H3. The van der Waals surface area contributed by atoms with E-state index in [0.717, 1.165) is 0 Å². The smallest absolute Gasteiger partial charge is 0.248 e. The van der Waals surface area contributed by atoms with E-state index in [1.54, 1.807) is 7.05 Å². The minimum atomic E-state index is -2.55. The summed E-state index contributed by atoms with van der Waals surface area (Å²) in [6.07, 6.45) is -0.348. The summed E-state index contributed by atoms with van der Waals surface area (Å²) in [5.74, 6) is -2.44. The molecule has 1 atom stereocenters. The van der Waals surface area contributed by atoms with Gasteiger partial charge in [0.25, 0.3) is 0 Å². The van der Waals surface area contributed by atoms with Crippen LogP contribution in [-0.2, 0) is 7.05 Å². The minimum Gasteiger partial charge on any atom is -0.321 e. The number of alkyl halides is 2. The lowest BCUT2D eigenvalue weighted by molar-refractivity contribution is -0.117. The molecule has 1 aromatic rings. The van der Waals surface area contributed by atoms with E-state index >= 15 is 0 Å². The molecule has 2 N–H and O–H groups in total. The average Bonchev–Trinajstić information content (AvgIpc) is 2.46. The molecule has 0 amide bonds. The van der Waals surface area contributed by atoms with Gasteiger partial charge in [0.15, 0.2) is 5.82 Å². The van der Waals surface area contributed by atoms with Crippen molar-refractivity contribution in [1.29, 1.82) is 0 Å². The summed E-state index contributed by atoms with van der Waals surface area (Å²) < 4.78 is 25.1. The first-order chi connectivity index (χ1) is 6.48. The fourth-order valence-corrected chi connectivity index (χ4v) is 1.60. The second-order valence-corrected chi connectivity index (χ2v) is 3.69. The molecule has 1 fully saturated rings. The molecule has 1 saturated carbocycles. The molecule has 1 aromatic heterocycles. The van der Waals surface area contributed by atoms with Gasteiger partial charge in [0.05, 0.1) is 13.1 Å². The van der Waals surface area contributed by atoms with Crippen molar-refractivity contribution in [2.45, 2.75) is 24.8 Å². The SMILES string of the molecule is Cn1nnc(C(N)C2CC(F)(F)C2)n1. The topological polar surface area (TPSA) is 69.6 Å². The van der Waals surface area contributed by atoms with Crippen LogP contribution in [0.4, 0.5) is 8.78 Å². The molecular formula is C7H11F2N5. The summed E-state index contributed by atoms with van der Waals surface area (Å²) >= 11 is 0. The summed E-state index contributed by atoms with van der Waals surface area (Å²) in [5.41, 5.74) is 5.72. The lowest BCUT2D eigenvalue weighted by Crippen LogP contribution is -2.41. The Bertz CT molecular complexity index is 329. The number of nitrogens with two attached hydrogens (primary N) is 1. The van der Waals surface area contributed by atoms with Crippen LogP contribution < -0.4 is 5.73 Å². The van der Waals surface area contributed by atoms with Crippen molar-refractivity contribution in [3.05, 3.63) is 5.82 Å². The molecule has 0 spiro atoms. The first-order valence-corrected chi connectivity index (χ1v) is 4.35. The zero-order valence-electron chi connectivity index (χ0n) is 7.69. The van der Waals surface area contributed by atoms with Crippen LogP contribution in [0.5, 0.6) is 0 Å². The quantitative estimate of drug-likeness (QED) is 0.748. The van der Waals surface area contributed by atoms with Gasteiger partial charge in [-0.05, 0) is 11.1 Å². The van der Waals surface area contributed by atoms with E-state index in [1.165, 1.54) is 4.80 Å². The Morgan fingerprint density at radius 3 is 2.64 bits per heavy atom. The van der Waals surface area contributed by atoms with Crippen LogP contribution >= 0.6 is 0 Å². The number of hydrogen-bond donors (Lipinski definition) is 1. The Labute approximate surface area is 79.3 Å². The predicted molar refractivity (Wildman–Crippen MR) is 43.4 cm³/mol. The molecule has 1 unspecified atom stereocenters. The molecular weight excluding hydrogens is 192 g/mol. The maximum absolute atomic E-state index is 12.6. The highest BCUT2D eigenvalue weighted by Crippen LogP contribution is 2.46. The van der Waals surface area contributed by atoms with Gasteiger partial charge in [-0.3, -0.25) is 0 Å². The third-order valence-electron chi connectivity index (χ3n) is 2.45. The van der Waals surface area contributed by atoms with Gasteiger partial charge >= 0.3 is 0 Å². The number of aryl methyl sites for hydroxylation is 1. The zero-order chi connectivity index (χ0) is 10.3. The molecule has 14 heavy (non-hydrogen) atoms. The minimum absolute atomic E-state index is 0.174. The maximum atomic E-state index is 12.6. The fraction of sp³-hybridized carbons (Fsp3) is 0.857. The molecule has 5 nitrogen and oxygen atoms in total. The molecule has 0 saturated heterocycles. The molecule has 1 aliphatic rings. The van der Waals surface area contributed by atoms with E-state index in [-0.39, 0.29) is 18.8 Å². The average molecular weight is 203 g/mol.